The molecule has 0 aliphatic carbocycles. The first-order valence-corrected chi connectivity index (χ1v) is 6.18. The Morgan fingerprint density at radius 1 is 1.22 bits per heavy atom. The summed E-state index contributed by atoms with van der Waals surface area (Å²) < 4.78 is 26.7. The Kier molecular flexibility index (Phi) is 3.89. The van der Waals surface area contributed by atoms with Gasteiger partial charge in [-0.15, -0.1) is 11.3 Å². The molecule has 0 unspecified atom stereocenters. The van der Waals surface area contributed by atoms with Gasteiger partial charge in [-0.3, -0.25) is 4.79 Å². The van der Waals surface area contributed by atoms with Crippen molar-refractivity contribution in [3.8, 4) is 0 Å². The molecular weight excluding hydrogens is 278 g/mol. The average molecular weight is 285 g/mol. The zero-order valence-corrected chi connectivity index (χ0v) is 10.6. The van der Waals surface area contributed by atoms with Gasteiger partial charge in [-0.25, -0.2) is 8.78 Å². The fourth-order valence-electron chi connectivity index (χ4n) is 1.34. The van der Waals surface area contributed by atoms with Crippen molar-refractivity contribution >= 4 is 34.8 Å². The van der Waals surface area contributed by atoms with E-state index in [1.54, 1.807) is 12.1 Å². The number of allylic oxidation sites excluding steroid dienone is 1. The molecule has 1 aromatic heterocycles. The minimum atomic E-state index is -0.579. The lowest BCUT2D eigenvalue weighted by Gasteiger charge is -1.96. The van der Waals surface area contributed by atoms with E-state index in [2.05, 4.69) is 0 Å². The summed E-state index contributed by atoms with van der Waals surface area (Å²) >= 11 is 6.84. The third kappa shape index (κ3) is 3.03. The molecule has 0 amide bonds. The topological polar surface area (TPSA) is 17.1 Å². The molecule has 0 spiro atoms. The predicted octanol–water partition coefficient (Wildman–Crippen LogP) is 4.58. The fraction of sp³-hybridized carbons (Fsp3) is 0. The molecule has 1 heterocycles. The van der Waals surface area contributed by atoms with Crippen LogP contribution >= 0.6 is 22.9 Å². The Labute approximate surface area is 111 Å². The third-order valence-electron chi connectivity index (χ3n) is 2.19. The summed E-state index contributed by atoms with van der Waals surface area (Å²) in [5.41, 5.74) is 0.0333. The Morgan fingerprint density at radius 3 is 2.67 bits per heavy atom. The molecular formula is C13H7ClF2OS. The van der Waals surface area contributed by atoms with Gasteiger partial charge in [0.25, 0.3) is 0 Å². The van der Waals surface area contributed by atoms with Crippen molar-refractivity contribution in [2.24, 2.45) is 0 Å². The van der Waals surface area contributed by atoms with Gasteiger partial charge in [-0.1, -0.05) is 11.6 Å². The highest BCUT2D eigenvalue weighted by atomic mass is 35.5. The maximum atomic E-state index is 13.3. The zero-order chi connectivity index (χ0) is 13.1. The largest absolute Gasteiger partial charge is 0.288 e. The Bertz CT molecular complexity index is 619. The summed E-state index contributed by atoms with van der Waals surface area (Å²) in [7, 11) is 0. The van der Waals surface area contributed by atoms with Crippen molar-refractivity contribution in [2.75, 3.05) is 0 Å². The number of thiophene rings is 1. The second-order valence-corrected chi connectivity index (χ2v) is 5.18. The van der Waals surface area contributed by atoms with E-state index in [4.69, 9.17) is 11.6 Å². The first kappa shape index (κ1) is 12.9. The number of rotatable bonds is 3. The lowest BCUT2D eigenvalue weighted by atomic mass is 10.1. The van der Waals surface area contributed by atoms with Gasteiger partial charge in [0.2, 0.25) is 0 Å². The van der Waals surface area contributed by atoms with E-state index in [1.807, 2.05) is 0 Å². The van der Waals surface area contributed by atoms with Gasteiger partial charge in [-0.05, 0) is 42.5 Å². The Hall–Kier alpha value is -1.52. The van der Waals surface area contributed by atoms with Crippen molar-refractivity contribution in [1.82, 2.24) is 0 Å². The minimum absolute atomic E-state index is 0.0333. The summed E-state index contributed by atoms with van der Waals surface area (Å²) in [5.74, 6) is -1.43. The molecule has 0 atom stereocenters. The Balaban J connectivity index is 2.20. The molecule has 18 heavy (non-hydrogen) atoms. The number of carbonyl (C=O) groups is 1. The van der Waals surface area contributed by atoms with Crippen molar-refractivity contribution in [1.29, 1.82) is 0 Å². The van der Waals surface area contributed by atoms with Gasteiger partial charge >= 0.3 is 0 Å². The molecule has 0 saturated carbocycles. The molecule has 2 rings (SSSR count). The van der Waals surface area contributed by atoms with Crippen LogP contribution in [0.1, 0.15) is 15.2 Å². The van der Waals surface area contributed by atoms with Gasteiger partial charge in [-0.2, -0.15) is 0 Å². The maximum absolute atomic E-state index is 13.3. The summed E-state index contributed by atoms with van der Waals surface area (Å²) in [6.45, 7) is 0. The second-order valence-electron chi connectivity index (χ2n) is 3.47. The van der Waals surface area contributed by atoms with Crippen LogP contribution in [-0.2, 0) is 0 Å². The van der Waals surface area contributed by atoms with Crippen LogP contribution in [0.5, 0.6) is 0 Å². The number of halogens is 3. The van der Waals surface area contributed by atoms with E-state index < -0.39 is 11.6 Å². The van der Waals surface area contributed by atoms with Crippen LogP contribution in [0.3, 0.4) is 0 Å². The van der Waals surface area contributed by atoms with E-state index in [-0.39, 0.29) is 11.3 Å². The summed E-state index contributed by atoms with van der Waals surface area (Å²) in [4.78, 5) is 12.1. The van der Waals surface area contributed by atoms with Crippen LogP contribution in [0.15, 0.2) is 36.4 Å². The van der Waals surface area contributed by atoms with Crippen LogP contribution in [0.25, 0.3) is 6.08 Å². The van der Waals surface area contributed by atoms with Crippen molar-refractivity contribution in [2.45, 2.75) is 0 Å². The molecule has 0 saturated heterocycles. The quantitative estimate of drug-likeness (QED) is 0.596. The van der Waals surface area contributed by atoms with Gasteiger partial charge in [0, 0.05) is 5.56 Å². The fourth-order valence-corrected chi connectivity index (χ4v) is 2.30. The van der Waals surface area contributed by atoms with Gasteiger partial charge in [0.1, 0.15) is 11.6 Å². The van der Waals surface area contributed by atoms with E-state index in [0.717, 1.165) is 29.5 Å². The first-order valence-electron chi connectivity index (χ1n) is 4.99. The Morgan fingerprint density at radius 2 is 2.00 bits per heavy atom. The van der Waals surface area contributed by atoms with Gasteiger partial charge < -0.3 is 0 Å². The highest BCUT2D eigenvalue weighted by molar-refractivity contribution is 7.18. The monoisotopic (exact) mass is 284 g/mol. The SMILES string of the molecule is O=C(/C=C/c1cc(F)ccc1F)c1ccc(Cl)s1. The van der Waals surface area contributed by atoms with E-state index in [1.165, 1.54) is 12.2 Å². The van der Waals surface area contributed by atoms with Crippen LogP contribution < -0.4 is 0 Å². The normalized spacial score (nSPS) is 11.1. The van der Waals surface area contributed by atoms with Gasteiger partial charge in [0.15, 0.2) is 5.78 Å². The molecule has 92 valence electrons. The second kappa shape index (κ2) is 5.42. The minimum Gasteiger partial charge on any atom is -0.288 e. The lowest BCUT2D eigenvalue weighted by Crippen LogP contribution is -1.90. The van der Waals surface area contributed by atoms with Crippen LogP contribution in [-0.4, -0.2) is 5.78 Å². The molecule has 2 aromatic rings. The molecule has 1 nitrogen and oxygen atoms in total. The number of hydrogen-bond acceptors (Lipinski definition) is 2. The predicted molar refractivity (Wildman–Crippen MR) is 69.1 cm³/mol. The zero-order valence-electron chi connectivity index (χ0n) is 8.99. The maximum Gasteiger partial charge on any atom is 0.195 e. The van der Waals surface area contributed by atoms with E-state index in [9.17, 15) is 13.6 Å². The van der Waals surface area contributed by atoms with Crippen molar-refractivity contribution < 1.29 is 13.6 Å². The molecule has 0 radical (unpaired) electrons. The third-order valence-corrected chi connectivity index (χ3v) is 3.43. The summed E-state index contributed by atoms with van der Waals surface area (Å²) in [6, 6.07) is 6.26. The van der Waals surface area contributed by atoms with Crippen LogP contribution in [0, 0.1) is 11.6 Å². The van der Waals surface area contributed by atoms with Crippen LogP contribution in [0.2, 0.25) is 4.34 Å². The number of ketones is 1. The summed E-state index contributed by atoms with van der Waals surface area (Å²) in [6.07, 6.45) is 2.44. The number of carbonyl (C=O) groups excluding carboxylic acids is 1. The molecule has 0 N–H and O–H groups in total. The number of benzene rings is 1. The van der Waals surface area contributed by atoms with Crippen molar-refractivity contribution in [3.63, 3.8) is 0 Å². The molecule has 0 bridgehead atoms. The highest BCUT2D eigenvalue weighted by Gasteiger charge is 2.06. The first-order chi connectivity index (χ1) is 8.56. The lowest BCUT2D eigenvalue weighted by molar-refractivity contribution is 0.105. The number of hydrogen-bond donors (Lipinski definition) is 0. The highest BCUT2D eigenvalue weighted by Crippen LogP contribution is 2.22. The standard InChI is InChI=1S/C13H7ClF2OS/c14-13-6-5-12(18-13)11(17)4-1-8-7-9(15)2-3-10(8)16/h1-7H/b4-1+. The molecule has 0 aliphatic rings. The van der Waals surface area contributed by atoms with E-state index in [0.29, 0.717) is 9.21 Å². The van der Waals surface area contributed by atoms with Crippen molar-refractivity contribution in [3.05, 3.63) is 62.8 Å². The molecule has 0 aliphatic heterocycles. The average Bonchev–Trinajstić information content (AvgIpc) is 2.77. The smallest absolute Gasteiger partial charge is 0.195 e. The molecule has 5 heteroatoms. The molecule has 0 fully saturated rings. The summed E-state index contributed by atoms with van der Waals surface area (Å²) in [5, 5.41) is 0. The van der Waals surface area contributed by atoms with Crippen LogP contribution in [0.4, 0.5) is 8.78 Å². The van der Waals surface area contributed by atoms with E-state index >= 15 is 0 Å². The van der Waals surface area contributed by atoms with Gasteiger partial charge in [0.05, 0.1) is 9.21 Å². The molecule has 1 aromatic carbocycles.